The maximum Gasteiger partial charge on any atom is 0.282 e. The van der Waals surface area contributed by atoms with Gasteiger partial charge in [0, 0.05) is 6.07 Å². The summed E-state index contributed by atoms with van der Waals surface area (Å²) >= 11 is 1.38. The molecule has 1 aromatic rings. The Morgan fingerprint density at radius 3 is 2.95 bits per heavy atom. The van der Waals surface area contributed by atoms with E-state index in [0.717, 1.165) is 6.42 Å². The highest BCUT2D eigenvalue weighted by Crippen LogP contribution is 2.20. The molecule has 0 bridgehead atoms. The Hall–Kier alpha value is -2.09. The first-order valence-corrected chi connectivity index (χ1v) is 6.54. The molecule has 0 radical (unpaired) electrons. The van der Waals surface area contributed by atoms with Gasteiger partial charge in [0.2, 0.25) is 0 Å². The minimum atomic E-state index is -0.578. The van der Waals surface area contributed by atoms with Crippen LogP contribution in [-0.4, -0.2) is 21.4 Å². The third kappa shape index (κ3) is 3.02. The summed E-state index contributed by atoms with van der Waals surface area (Å²) in [7, 11) is 0. The molecule has 2 rings (SSSR count). The maximum absolute atomic E-state index is 12.0. The van der Waals surface area contributed by atoms with Gasteiger partial charge in [-0.15, -0.1) is 0 Å². The Labute approximate surface area is 113 Å². The second-order valence-corrected chi connectivity index (χ2v) is 4.98. The Morgan fingerprint density at radius 2 is 2.32 bits per heavy atom. The first kappa shape index (κ1) is 13.3. The lowest BCUT2D eigenvalue weighted by Gasteiger charge is -2.05. The zero-order valence-corrected chi connectivity index (χ0v) is 10.9. The molecule has 1 aromatic carbocycles. The van der Waals surface area contributed by atoms with Gasteiger partial charge in [-0.1, -0.05) is 30.8 Å². The fourth-order valence-corrected chi connectivity index (χ4v) is 2.34. The number of benzene rings is 1. The van der Waals surface area contributed by atoms with Gasteiger partial charge in [0.15, 0.2) is 5.17 Å². The van der Waals surface area contributed by atoms with Gasteiger partial charge in [-0.3, -0.25) is 25.7 Å². The van der Waals surface area contributed by atoms with Crippen LogP contribution in [0.3, 0.4) is 0 Å². The molecule has 0 fully saturated rings. The lowest BCUT2D eigenvalue weighted by atomic mass is 10.1. The molecule has 1 amide bonds. The van der Waals surface area contributed by atoms with E-state index in [1.807, 2.05) is 6.92 Å². The minimum absolute atomic E-state index is 0.0238. The van der Waals surface area contributed by atoms with E-state index < -0.39 is 10.8 Å². The number of nitrogens with zero attached hydrogens (tertiary/aromatic N) is 2. The Balaban J connectivity index is 2.11. The van der Waals surface area contributed by atoms with Crippen LogP contribution in [0.2, 0.25) is 0 Å². The number of hydrogen-bond donors (Lipinski definition) is 2. The van der Waals surface area contributed by atoms with E-state index in [1.54, 1.807) is 6.07 Å². The summed E-state index contributed by atoms with van der Waals surface area (Å²) < 4.78 is 0. The first-order valence-electron chi connectivity index (χ1n) is 5.66. The van der Waals surface area contributed by atoms with Crippen molar-refractivity contribution in [2.24, 2.45) is 5.10 Å². The Morgan fingerprint density at radius 1 is 1.58 bits per heavy atom. The van der Waals surface area contributed by atoms with Crippen molar-refractivity contribution in [2.45, 2.75) is 18.7 Å². The van der Waals surface area contributed by atoms with Crippen molar-refractivity contribution in [1.82, 2.24) is 10.7 Å². The fraction of sp³-hybridized carbons (Fsp3) is 0.273. The molecule has 0 aliphatic carbocycles. The summed E-state index contributed by atoms with van der Waals surface area (Å²) in [6.07, 6.45) is 0.860. The average molecular weight is 280 g/mol. The summed E-state index contributed by atoms with van der Waals surface area (Å²) in [4.78, 5) is 22.2. The van der Waals surface area contributed by atoms with Crippen LogP contribution in [-0.2, 0) is 0 Å². The van der Waals surface area contributed by atoms with Crippen molar-refractivity contribution < 1.29 is 9.72 Å². The highest BCUT2D eigenvalue weighted by molar-refractivity contribution is 8.14. The summed E-state index contributed by atoms with van der Waals surface area (Å²) in [5.74, 6) is -0.530. The topological polar surface area (TPSA) is 96.6 Å². The number of carbonyl (C=O) groups excluding carboxylic acids is 1. The Bertz CT molecular complexity index is 546. The van der Waals surface area contributed by atoms with Gasteiger partial charge in [-0.25, -0.2) is 0 Å². The first-order chi connectivity index (χ1) is 9.11. The van der Waals surface area contributed by atoms with E-state index in [-0.39, 0.29) is 16.6 Å². The molecule has 19 heavy (non-hydrogen) atoms. The van der Waals surface area contributed by atoms with E-state index in [4.69, 9.17) is 0 Å². The van der Waals surface area contributed by atoms with Gasteiger partial charge in [-0.2, -0.15) is 5.10 Å². The number of nitrogens with one attached hydrogen (secondary N) is 2. The van der Waals surface area contributed by atoms with Crippen molar-refractivity contribution in [3.8, 4) is 0 Å². The molecule has 8 heteroatoms. The zero-order valence-electron chi connectivity index (χ0n) is 10.1. The van der Waals surface area contributed by atoms with Crippen molar-refractivity contribution in [3.05, 3.63) is 39.9 Å². The predicted octanol–water partition coefficient (Wildman–Crippen LogP) is 1.67. The fourth-order valence-electron chi connectivity index (χ4n) is 1.54. The zero-order chi connectivity index (χ0) is 13.8. The quantitative estimate of drug-likeness (QED) is 0.648. The number of amides is 1. The van der Waals surface area contributed by atoms with E-state index in [0.29, 0.717) is 5.17 Å². The van der Waals surface area contributed by atoms with Crippen LogP contribution in [0, 0.1) is 10.1 Å². The van der Waals surface area contributed by atoms with Crippen LogP contribution in [0.15, 0.2) is 29.4 Å². The van der Waals surface area contributed by atoms with Crippen molar-refractivity contribution >= 4 is 28.5 Å². The second kappa shape index (κ2) is 5.70. The molecule has 1 aliphatic heterocycles. The van der Waals surface area contributed by atoms with Gasteiger partial charge in [0.25, 0.3) is 11.6 Å². The molecule has 1 heterocycles. The number of amidine groups is 1. The van der Waals surface area contributed by atoms with Crippen LogP contribution in [0.4, 0.5) is 5.69 Å². The summed E-state index contributed by atoms with van der Waals surface area (Å²) in [6.45, 7) is 1.99. The number of rotatable bonds is 3. The number of nitro groups is 1. The highest BCUT2D eigenvalue weighted by atomic mass is 32.2. The van der Waals surface area contributed by atoms with E-state index in [1.165, 1.54) is 30.0 Å². The van der Waals surface area contributed by atoms with Crippen LogP contribution < -0.4 is 10.7 Å². The van der Waals surface area contributed by atoms with Crippen LogP contribution in [0.1, 0.15) is 23.7 Å². The smallest absolute Gasteiger partial charge is 0.282 e. The third-order valence-corrected chi connectivity index (χ3v) is 3.64. The molecule has 2 N–H and O–H groups in total. The van der Waals surface area contributed by atoms with Crippen LogP contribution in [0.25, 0.3) is 0 Å². The number of hydrogen-bond acceptors (Lipinski definition) is 6. The molecule has 0 saturated heterocycles. The van der Waals surface area contributed by atoms with Gasteiger partial charge in [0.05, 0.1) is 10.3 Å². The van der Waals surface area contributed by atoms with Crippen molar-refractivity contribution in [1.29, 1.82) is 0 Å². The summed E-state index contributed by atoms with van der Waals surface area (Å²) in [5, 5.41) is 17.9. The average Bonchev–Trinajstić information content (AvgIpc) is 2.86. The largest absolute Gasteiger partial charge is 0.299 e. The maximum atomic E-state index is 12.0. The second-order valence-electron chi connectivity index (χ2n) is 3.79. The third-order valence-electron chi connectivity index (χ3n) is 2.50. The van der Waals surface area contributed by atoms with Crippen molar-refractivity contribution in [3.63, 3.8) is 0 Å². The molecule has 0 spiro atoms. The molecule has 0 aromatic heterocycles. The summed E-state index contributed by atoms with van der Waals surface area (Å²) in [5.41, 5.74) is 2.66. The molecule has 7 nitrogen and oxygen atoms in total. The van der Waals surface area contributed by atoms with Gasteiger partial charge in [0.1, 0.15) is 5.56 Å². The highest BCUT2D eigenvalue weighted by Gasteiger charge is 2.23. The van der Waals surface area contributed by atoms with Gasteiger partial charge in [-0.05, 0) is 12.5 Å². The lowest BCUT2D eigenvalue weighted by Crippen LogP contribution is -2.28. The lowest BCUT2D eigenvalue weighted by molar-refractivity contribution is -0.385. The molecule has 1 atom stereocenters. The van der Waals surface area contributed by atoms with E-state index in [2.05, 4.69) is 15.8 Å². The predicted molar refractivity (Wildman–Crippen MR) is 72.8 cm³/mol. The number of carbonyl (C=O) groups is 1. The summed E-state index contributed by atoms with van der Waals surface area (Å²) in [6, 6.07) is 5.81. The molecule has 1 aliphatic rings. The normalized spacial score (nSPS) is 17.5. The monoisotopic (exact) mass is 280 g/mol. The van der Waals surface area contributed by atoms with Gasteiger partial charge >= 0.3 is 0 Å². The standard InChI is InChI=1S/C11H12N4O3S/c1-2-9-13-14-11(19-9)12-10(16)7-5-3-4-6-8(7)15(17)18/h3-6,9,13H,2H2,1H3,(H,12,14,16). The van der Waals surface area contributed by atoms with Gasteiger partial charge < -0.3 is 0 Å². The molecular formula is C11H12N4O3S. The molecule has 100 valence electrons. The van der Waals surface area contributed by atoms with Crippen molar-refractivity contribution in [2.75, 3.05) is 0 Å². The van der Waals surface area contributed by atoms with Crippen LogP contribution in [0.5, 0.6) is 0 Å². The van der Waals surface area contributed by atoms with Crippen LogP contribution >= 0.6 is 11.8 Å². The Kier molecular flexibility index (Phi) is 4.00. The number of para-hydroxylation sites is 1. The number of nitro benzene ring substituents is 1. The van der Waals surface area contributed by atoms with E-state index >= 15 is 0 Å². The molecule has 1 unspecified atom stereocenters. The number of thioether (sulfide) groups is 1. The minimum Gasteiger partial charge on any atom is -0.299 e. The SMILES string of the molecule is CCC1NN=C(NC(=O)c2ccccc2[N+](=O)[O-])S1. The molecule has 0 saturated carbocycles. The van der Waals surface area contributed by atoms with E-state index in [9.17, 15) is 14.9 Å². The number of hydrazone groups is 1. The molecular weight excluding hydrogens is 268 g/mol.